The Hall–Kier alpha value is -0.940. The Bertz CT molecular complexity index is 330. The maximum Gasteiger partial charge on any atom is 0.288 e. The Kier molecular flexibility index (Phi) is 4.03. The van der Waals surface area contributed by atoms with Gasteiger partial charge in [-0.1, -0.05) is 23.9 Å². The molecule has 1 aromatic rings. The molecule has 0 heterocycles. The Balaban J connectivity index is 2.84. The highest BCUT2D eigenvalue weighted by Gasteiger charge is 2.08. The lowest BCUT2D eigenvalue weighted by molar-refractivity contribution is 0.100. The molecule has 5 heteroatoms. The number of ketones is 1. The first-order chi connectivity index (χ1) is 6.63. The maximum atomic E-state index is 12.0. The molecule has 2 N–H and O–H groups in total. The second kappa shape index (κ2) is 5.07. The lowest BCUT2D eigenvalue weighted by Gasteiger charge is -2.02. The molecule has 76 valence electrons. The van der Waals surface area contributed by atoms with Crippen LogP contribution in [0, 0.1) is 0 Å². The van der Waals surface area contributed by atoms with Crippen LogP contribution in [0.4, 0.5) is 8.78 Å². The minimum Gasteiger partial charge on any atom is -0.324 e. The SMILES string of the molecule is NCC(=O)c1cccc(SC(F)F)c1. The van der Waals surface area contributed by atoms with Gasteiger partial charge in [-0.3, -0.25) is 4.79 Å². The smallest absolute Gasteiger partial charge is 0.288 e. The highest BCUT2D eigenvalue weighted by Crippen LogP contribution is 2.25. The van der Waals surface area contributed by atoms with Gasteiger partial charge in [0, 0.05) is 10.5 Å². The van der Waals surface area contributed by atoms with Crippen molar-refractivity contribution in [2.24, 2.45) is 5.73 Å². The van der Waals surface area contributed by atoms with Gasteiger partial charge in [0.1, 0.15) is 0 Å². The molecule has 0 aromatic heterocycles. The first-order valence-corrected chi connectivity index (χ1v) is 4.79. The van der Waals surface area contributed by atoms with Gasteiger partial charge in [-0.2, -0.15) is 8.78 Å². The minimum absolute atomic E-state index is 0.108. The van der Waals surface area contributed by atoms with E-state index < -0.39 is 5.76 Å². The number of carbonyl (C=O) groups is 1. The number of benzene rings is 1. The Morgan fingerprint density at radius 2 is 2.21 bits per heavy atom. The van der Waals surface area contributed by atoms with E-state index in [1.165, 1.54) is 12.1 Å². The predicted octanol–water partition coefficient (Wildman–Crippen LogP) is 2.14. The summed E-state index contributed by atoms with van der Waals surface area (Å²) in [7, 11) is 0. The summed E-state index contributed by atoms with van der Waals surface area (Å²) in [6.07, 6.45) is 0. The molecule has 0 atom stereocenters. The van der Waals surface area contributed by atoms with Gasteiger partial charge in [-0.25, -0.2) is 0 Å². The lowest BCUT2D eigenvalue weighted by atomic mass is 10.1. The maximum absolute atomic E-state index is 12.0. The molecule has 0 amide bonds. The van der Waals surface area contributed by atoms with Crippen LogP contribution in [0.15, 0.2) is 29.2 Å². The normalized spacial score (nSPS) is 10.6. The standard InChI is InChI=1S/C9H9F2NOS/c10-9(11)14-7-3-1-2-6(4-7)8(13)5-12/h1-4,9H,5,12H2. The van der Waals surface area contributed by atoms with Crippen LogP contribution in [0.25, 0.3) is 0 Å². The molecule has 0 saturated carbocycles. The van der Waals surface area contributed by atoms with Gasteiger partial charge in [0.2, 0.25) is 0 Å². The van der Waals surface area contributed by atoms with E-state index in [9.17, 15) is 13.6 Å². The van der Waals surface area contributed by atoms with Gasteiger partial charge in [0.25, 0.3) is 5.76 Å². The zero-order chi connectivity index (χ0) is 10.6. The van der Waals surface area contributed by atoms with E-state index in [-0.39, 0.29) is 12.3 Å². The van der Waals surface area contributed by atoms with Crippen molar-refractivity contribution in [1.82, 2.24) is 0 Å². The van der Waals surface area contributed by atoms with Crippen molar-refractivity contribution in [3.8, 4) is 0 Å². The van der Waals surface area contributed by atoms with Crippen LogP contribution in [0.2, 0.25) is 0 Å². The van der Waals surface area contributed by atoms with Gasteiger partial charge in [-0.15, -0.1) is 0 Å². The van der Waals surface area contributed by atoms with E-state index in [0.717, 1.165) is 0 Å². The summed E-state index contributed by atoms with van der Waals surface area (Å²) in [5.41, 5.74) is 5.52. The third-order valence-electron chi connectivity index (χ3n) is 1.57. The van der Waals surface area contributed by atoms with Crippen LogP contribution in [0.5, 0.6) is 0 Å². The summed E-state index contributed by atoms with van der Waals surface area (Å²) in [6.45, 7) is -0.108. The third kappa shape index (κ3) is 3.08. The summed E-state index contributed by atoms with van der Waals surface area (Å²) >= 11 is 0.414. The first kappa shape index (κ1) is 11.1. The molecule has 1 aromatic carbocycles. The summed E-state index contributed by atoms with van der Waals surface area (Å²) in [5.74, 6) is -2.72. The van der Waals surface area contributed by atoms with E-state index in [2.05, 4.69) is 0 Å². The van der Waals surface area contributed by atoms with Crippen molar-refractivity contribution in [3.63, 3.8) is 0 Å². The van der Waals surface area contributed by atoms with Crippen LogP contribution >= 0.6 is 11.8 Å². The molecular weight excluding hydrogens is 208 g/mol. The summed E-state index contributed by atoms with van der Waals surface area (Å²) in [4.78, 5) is 11.5. The molecule has 0 unspecified atom stereocenters. The third-order valence-corrected chi connectivity index (χ3v) is 2.27. The van der Waals surface area contributed by atoms with E-state index in [1.807, 2.05) is 0 Å². The van der Waals surface area contributed by atoms with E-state index in [1.54, 1.807) is 12.1 Å². The summed E-state index contributed by atoms with van der Waals surface area (Å²) < 4.78 is 24.0. The van der Waals surface area contributed by atoms with Crippen LogP contribution in [-0.2, 0) is 0 Å². The fraction of sp³-hybridized carbons (Fsp3) is 0.222. The van der Waals surface area contributed by atoms with Crippen molar-refractivity contribution in [1.29, 1.82) is 0 Å². The fourth-order valence-corrected chi connectivity index (χ4v) is 1.52. The average Bonchev–Trinajstić information content (AvgIpc) is 2.16. The minimum atomic E-state index is -2.47. The molecular formula is C9H9F2NOS. The predicted molar refractivity (Wildman–Crippen MR) is 51.7 cm³/mol. The molecule has 0 bridgehead atoms. The number of carbonyl (C=O) groups excluding carboxylic acids is 1. The van der Waals surface area contributed by atoms with E-state index in [0.29, 0.717) is 22.2 Å². The number of alkyl halides is 2. The molecule has 0 aliphatic rings. The monoisotopic (exact) mass is 217 g/mol. The fourth-order valence-electron chi connectivity index (χ4n) is 0.964. The molecule has 0 radical (unpaired) electrons. The molecule has 0 aliphatic heterocycles. The molecule has 14 heavy (non-hydrogen) atoms. The van der Waals surface area contributed by atoms with Crippen molar-refractivity contribution < 1.29 is 13.6 Å². The van der Waals surface area contributed by atoms with E-state index >= 15 is 0 Å². The summed E-state index contributed by atoms with van der Waals surface area (Å²) in [5, 5.41) is 0. The van der Waals surface area contributed by atoms with Crippen LogP contribution in [-0.4, -0.2) is 18.1 Å². The molecule has 0 fully saturated rings. The summed E-state index contributed by atoms with van der Waals surface area (Å²) in [6, 6.07) is 6.08. The van der Waals surface area contributed by atoms with Gasteiger partial charge >= 0.3 is 0 Å². The number of Topliss-reactive ketones (excluding diaryl/α,β-unsaturated/α-hetero) is 1. The van der Waals surface area contributed by atoms with Crippen molar-refractivity contribution in [2.75, 3.05) is 6.54 Å². The van der Waals surface area contributed by atoms with Crippen LogP contribution < -0.4 is 5.73 Å². The Labute approximate surface area is 84.5 Å². The molecule has 0 spiro atoms. The first-order valence-electron chi connectivity index (χ1n) is 3.91. The van der Waals surface area contributed by atoms with Crippen LogP contribution in [0.1, 0.15) is 10.4 Å². The second-order valence-electron chi connectivity index (χ2n) is 2.53. The molecule has 1 rings (SSSR count). The van der Waals surface area contributed by atoms with Crippen molar-refractivity contribution in [2.45, 2.75) is 10.7 Å². The number of thioether (sulfide) groups is 1. The van der Waals surface area contributed by atoms with E-state index in [4.69, 9.17) is 5.73 Å². The van der Waals surface area contributed by atoms with Gasteiger partial charge in [0.05, 0.1) is 6.54 Å². The number of rotatable bonds is 4. The zero-order valence-corrected chi connectivity index (χ0v) is 8.06. The quantitative estimate of drug-likeness (QED) is 0.620. The van der Waals surface area contributed by atoms with Crippen molar-refractivity contribution >= 4 is 17.5 Å². The molecule has 0 saturated heterocycles. The number of hydrogen-bond acceptors (Lipinski definition) is 3. The number of halogens is 2. The van der Waals surface area contributed by atoms with Crippen molar-refractivity contribution in [3.05, 3.63) is 29.8 Å². The number of hydrogen-bond donors (Lipinski definition) is 1. The average molecular weight is 217 g/mol. The highest BCUT2D eigenvalue weighted by molar-refractivity contribution is 7.99. The van der Waals surface area contributed by atoms with Crippen LogP contribution in [0.3, 0.4) is 0 Å². The van der Waals surface area contributed by atoms with Gasteiger partial charge < -0.3 is 5.73 Å². The Morgan fingerprint density at radius 3 is 2.79 bits per heavy atom. The van der Waals surface area contributed by atoms with Gasteiger partial charge in [0.15, 0.2) is 5.78 Å². The highest BCUT2D eigenvalue weighted by atomic mass is 32.2. The topological polar surface area (TPSA) is 43.1 Å². The zero-order valence-electron chi connectivity index (χ0n) is 7.24. The molecule has 0 aliphatic carbocycles. The Morgan fingerprint density at radius 1 is 1.50 bits per heavy atom. The van der Waals surface area contributed by atoms with Gasteiger partial charge in [-0.05, 0) is 12.1 Å². The second-order valence-corrected chi connectivity index (χ2v) is 3.60. The molecule has 2 nitrogen and oxygen atoms in total. The largest absolute Gasteiger partial charge is 0.324 e. The number of nitrogens with two attached hydrogens (primary N) is 1. The lowest BCUT2D eigenvalue weighted by Crippen LogP contribution is -2.13.